The van der Waals surface area contributed by atoms with Crippen LogP contribution in [-0.4, -0.2) is 40.2 Å². The fourth-order valence-electron chi connectivity index (χ4n) is 4.54. The van der Waals surface area contributed by atoms with Crippen LogP contribution in [0.3, 0.4) is 0 Å². The molecule has 0 atom stereocenters. The molecule has 2 aromatic carbocycles. The first-order chi connectivity index (χ1) is 14.6. The van der Waals surface area contributed by atoms with Crippen molar-refractivity contribution in [3.63, 3.8) is 0 Å². The highest BCUT2D eigenvalue weighted by molar-refractivity contribution is 6.03. The third-order valence-electron chi connectivity index (χ3n) is 5.94. The van der Waals surface area contributed by atoms with Gasteiger partial charge in [-0.2, -0.15) is 0 Å². The molecule has 0 spiro atoms. The van der Waals surface area contributed by atoms with E-state index >= 15 is 0 Å². The number of aromatic carboxylic acids is 1. The van der Waals surface area contributed by atoms with Crippen molar-refractivity contribution >= 4 is 22.8 Å². The lowest BCUT2D eigenvalue weighted by molar-refractivity contribution is 0.0696. The summed E-state index contributed by atoms with van der Waals surface area (Å²) in [7, 11) is 0. The predicted molar refractivity (Wildman–Crippen MR) is 116 cm³/mol. The fraction of sp³-hybridized carbons (Fsp3) is 0.333. The van der Waals surface area contributed by atoms with Gasteiger partial charge in [-0.05, 0) is 42.5 Å². The van der Waals surface area contributed by atoms with Crippen LogP contribution in [0.5, 0.6) is 0 Å². The quantitative estimate of drug-likeness (QED) is 0.490. The molecule has 1 amide bonds. The van der Waals surface area contributed by atoms with Crippen molar-refractivity contribution in [3.05, 3.63) is 59.2 Å². The van der Waals surface area contributed by atoms with E-state index in [1.807, 2.05) is 24.3 Å². The Hall–Kier alpha value is -3.12. The molecule has 4 N–H and O–H groups in total. The lowest BCUT2D eigenvalue weighted by Crippen LogP contribution is -2.26. The van der Waals surface area contributed by atoms with Gasteiger partial charge in [0.25, 0.3) is 5.91 Å². The summed E-state index contributed by atoms with van der Waals surface area (Å²) in [6.45, 7) is 0.0723. The molecule has 0 bridgehead atoms. The molecular weight excluding hydrogens is 380 g/mol. The van der Waals surface area contributed by atoms with E-state index in [1.54, 1.807) is 18.2 Å². The summed E-state index contributed by atoms with van der Waals surface area (Å²) in [6, 6.07) is 12.6. The van der Waals surface area contributed by atoms with Crippen molar-refractivity contribution < 1.29 is 19.8 Å². The Kier molecular flexibility index (Phi) is 5.86. The predicted octanol–water partition coefficient (Wildman–Crippen LogP) is 4.30. The Labute approximate surface area is 174 Å². The van der Waals surface area contributed by atoms with E-state index in [1.165, 1.54) is 24.8 Å². The third kappa shape index (κ3) is 3.83. The monoisotopic (exact) mass is 406 g/mol. The molecule has 30 heavy (non-hydrogen) atoms. The van der Waals surface area contributed by atoms with Gasteiger partial charge in [0.05, 0.1) is 17.9 Å². The summed E-state index contributed by atoms with van der Waals surface area (Å²) < 4.78 is 0. The maximum absolute atomic E-state index is 12.7. The number of benzene rings is 2. The van der Waals surface area contributed by atoms with Crippen LogP contribution in [0.15, 0.2) is 42.5 Å². The number of hydrogen-bond donors (Lipinski definition) is 4. The van der Waals surface area contributed by atoms with Crippen molar-refractivity contribution in [2.24, 2.45) is 0 Å². The fourth-order valence-corrected chi connectivity index (χ4v) is 4.54. The van der Waals surface area contributed by atoms with Crippen LogP contribution in [0, 0.1) is 0 Å². The first-order valence-electron chi connectivity index (χ1n) is 10.5. The van der Waals surface area contributed by atoms with Crippen molar-refractivity contribution in [2.45, 2.75) is 38.0 Å². The Morgan fingerprint density at radius 2 is 1.83 bits per heavy atom. The highest BCUT2D eigenvalue weighted by atomic mass is 16.4. The van der Waals surface area contributed by atoms with E-state index < -0.39 is 5.97 Å². The van der Waals surface area contributed by atoms with Gasteiger partial charge < -0.3 is 20.5 Å². The first kappa shape index (κ1) is 20.2. The zero-order valence-electron chi connectivity index (χ0n) is 16.8. The Morgan fingerprint density at radius 1 is 1.07 bits per heavy atom. The average Bonchev–Trinajstić information content (AvgIpc) is 3.16. The average molecular weight is 406 g/mol. The number of hydrogen-bond acceptors (Lipinski definition) is 3. The molecule has 1 aliphatic rings. The second-order valence-electron chi connectivity index (χ2n) is 7.84. The summed E-state index contributed by atoms with van der Waals surface area (Å²) >= 11 is 0. The molecule has 0 radical (unpaired) electrons. The molecule has 156 valence electrons. The number of aliphatic hydroxyl groups excluding tert-OH is 1. The van der Waals surface area contributed by atoms with Gasteiger partial charge in [-0.25, -0.2) is 4.79 Å². The van der Waals surface area contributed by atoms with Crippen LogP contribution in [0.25, 0.3) is 22.2 Å². The normalized spacial score (nSPS) is 14.7. The maximum Gasteiger partial charge on any atom is 0.335 e. The Bertz CT molecular complexity index is 1080. The number of aromatic nitrogens is 1. The van der Waals surface area contributed by atoms with Gasteiger partial charge in [0.1, 0.15) is 0 Å². The summed E-state index contributed by atoms with van der Waals surface area (Å²) in [5, 5.41) is 22.2. The van der Waals surface area contributed by atoms with E-state index in [-0.39, 0.29) is 24.6 Å². The summed E-state index contributed by atoms with van der Waals surface area (Å²) in [5.41, 5.74) is 4.39. The topological polar surface area (TPSA) is 102 Å². The molecule has 0 saturated heterocycles. The lowest BCUT2D eigenvalue weighted by atomic mass is 9.81. The molecule has 0 aliphatic heterocycles. The zero-order chi connectivity index (χ0) is 21.1. The van der Waals surface area contributed by atoms with Gasteiger partial charge in [0.2, 0.25) is 0 Å². The van der Waals surface area contributed by atoms with Crippen LogP contribution in [-0.2, 0) is 0 Å². The van der Waals surface area contributed by atoms with E-state index in [4.69, 9.17) is 5.11 Å². The number of aliphatic hydroxyl groups is 1. The minimum atomic E-state index is -0.962. The summed E-state index contributed by atoms with van der Waals surface area (Å²) in [5.74, 6) is -0.832. The largest absolute Gasteiger partial charge is 0.478 e. The van der Waals surface area contributed by atoms with E-state index in [0.717, 1.165) is 35.0 Å². The number of amides is 1. The van der Waals surface area contributed by atoms with Gasteiger partial charge in [0.15, 0.2) is 0 Å². The number of aromatic amines is 1. The molecule has 1 aliphatic carbocycles. The minimum absolute atomic E-state index is 0.119. The van der Waals surface area contributed by atoms with Crippen LogP contribution < -0.4 is 5.32 Å². The number of fused-ring (bicyclic) bond motifs is 1. The zero-order valence-corrected chi connectivity index (χ0v) is 16.8. The van der Waals surface area contributed by atoms with E-state index in [9.17, 15) is 14.7 Å². The second-order valence-corrected chi connectivity index (χ2v) is 7.84. The third-order valence-corrected chi connectivity index (χ3v) is 5.94. The molecule has 6 heteroatoms. The van der Waals surface area contributed by atoms with E-state index in [0.29, 0.717) is 11.5 Å². The molecule has 1 aromatic heterocycles. The SMILES string of the molecule is O=C(O)c1ccc2c(C3CCCCC3)c(-c3ccccc3C(=O)NCCO)[nH]c2c1. The highest BCUT2D eigenvalue weighted by Gasteiger charge is 2.26. The van der Waals surface area contributed by atoms with Crippen LogP contribution in [0.4, 0.5) is 0 Å². The van der Waals surface area contributed by atoms with E-state index in [2.05, 4.69) is 10.3 Å². The number of carbonyl (C=O) groups is 2. The molecule has 3 aromatic rings. The van der Waals surface area contributed by atoms with Crippen molar-refractivity contribution in [3.8, 4) is 11.3 Å². The molecule has 0 unspecified atom stereocenters. The second kappa shape index (κ2) is 8.71. The van der Waals surface area contributed by atoms with Crippen LogP contribution >= 0.6 is 0 Å². The standard InChI is InChI=1S/C24H26N2O4/c27-13-12-25-23(28)18-9-5-4-8-17(18)22-21(15-6-2-1-3-7-15)19-11-10-16(24(29)30)14-20(19)26-22/h4-5,8-11,14-15,26-27H,1-3,6-7,12-13H2,(H,25,28)(H,29,30). The number of carbonyl (C=O) groups excluding carboxylic acids is 1. The number of carboxylic acid groups (broad SMARTS) is 1. The van der Waals surface area contributed by atoms with Gasteiger partial charge >= 0.3 is 5.97 Å². The van der Waals surface area contributed by atoms with Gasteiger partial charge in [0, 0.05) is 28.6 Å². The Balaban J connectivity index is 1.90. The highest BCUT2D eigenvalue weighted by Crippen LogP contribution is 2.43. The number of rotatable bonds is 6. The van der Waals surface area contributed by atoms with Gasteiger partial charge in [-0.3, -0.25) is 4.79 Å². The lowest BCUT2D eigenvalue weighted by Gasteiger charge is -2.23. The van der Waals surface area contributed by atoms with Crippen molar-refractivity contribution in [1.82, 2.24) is 10.3 Å². The Morgan fingerprint density at radius 3 is 2.57 bits per heavy atom. The molecule has 4 rings (SSSR count). The number of nitrogens with one attached hydrogen (secondary N) is 2. The maximum atomic E-state index is 12.7. The minimum Gasteiger partial charge on any atom is -0.478 e. The first-order valence-corrected chi connectivity index (χ1v) is 10.5. The van der Waals surface area contributed by atoms with Crippen LogP contribution in [0.2, 0.25) is 0 Å². The summed E-state index contributed by atoms with van der Waals surface area (Å²) in [6.07, 6.45) is 5.74. The molecule has 1 fully saturated rings. The van der Waals surface area contributed by atoms with Gasteiger partial charge in [-0.15, -0.1) is 0 Å². The number of H-pyrrole nitrogens is 1. The number of carboxylic acids is 1. The van der Waals surface area contributed by atoms with Crippen LogP contribution in [0.1, 0.15) is 64.3 Å². The molecule has 6 nitrogen and oxygen atoms in total. The summed E-state index contributed by atoms with van der Waals surface area (Å²) in [4.78, 5) is 27.6. The molecular formula is C24H26N2O4. The smallest absolute Gasteiger partial charge is 0.335 e. The van der Waals surface area contributed by atoms with Crippen molar-refractivity contribution in [2.75, 3.05) is 13.2 Å². The molecule has 1 saturated carbocycles. The van der Waals surface area contributed by atoms with Gasteiger partial charge in [-0.1, -0.05) is 43.5 Å². The molecule has 1 heterocycles. The van der Waals surface area contributed by atoms with Crippen molar-refractivity contribution in [1.29, 1.82) is 0 Å².